The molecule has 1 amide bonds. The third-order valence-corrected chi connectivity index (χ3v) is 1.84. The van der Waals surface area contributed by atoms with E-state index in [-0.39, 0.29) is 18.7 Å². The van der Waals surface area contributed by atoms with E-state index in [9.17, 15) is 4.79 Å². The number of carbonyl (C=O) groups is 1. The molecule has 0 heterocycles. The van der Waals surface area contributed by atoms with E-state index in [1.54, 1.807) is 0 Å². The van der Waals surface area contributed by atoms with Crippen LogP contribution in [0.4, 0.5) is 4.79 Å². The maximum Gasteiger partial charge on any atom is 0.407 e. The molecule has 4 heteroatoms. The number of amides is 1. The van der Waals surface area contributed by atoms with Gasteiger partial charge in [0.1, 0.15) is 0 Å². The Kier molecular flexibility index (Phi) is 7.20. The van der Waals surface area contributed by atoms with Crippen molar-refractivity contribution < 1.29 is 14.6 Å². The Balaban J connectivity index is 3.67. The van der Waals surface area contributed by atoms with Gasteiger partial charge < -0.3 is 15.2 Å². The summed E-state index contributed by atoms with van der Waals surface area (Å²) < 4.78 is 4.95. The molecule has 0 aliphatic carbocycles. The number of hydrogen-bond donors (Lipinski definition) is 2. The van der Waals surface area contributed by atoms with Gasteiger partial charge >= 0.3 is 6.09 Å². The summed E-state index contributed by atoms with van der Waals surface area (Å²) >= 11 is 0. The van der Waals surface area contributed by atoms with Crippen LogP contribution in [0.1, 0.15) is 33.6 Å². The molecule has 0 aromatic rings. The van der Waals surface area contributed by atoms with Gasteiger partial charge in [0.25, 0.3) is 0 Å². The zero-order valence-electron chi connectivity index (χ0n) is 9.25. The van der Waals surface area contributed by atoms with Crippen molar-refractivity contribution in [2.75, 3.05) is 13.2 Å². The van der Waals surface area contributed by atoms with Gasteiger partial charge in [-0.2, -0.15) is 0 Å². The standard InChI is InChI=1S/C10H21NO3/c1-4-9(5-6-12)11-10(13)14-7-8(2)3/h8-9,12H,4-7H2,1-3H3,(H,11,13). The molecule has 4 nitrogen and oxygen atoms in total. The van der Waals surface area contributed by atoms with Crippen LogP contribution >= 0.6 is 0 Å². The normalized spacial score (nSPS) is 12.6. The van der Waals surface area contributed by atoms with Crippen molar-refractivity contribution in [1.29, 1.82) is 0 Å². The summed E-state index contributed by atoms with van der Waals surface area (Å²) in [6.07, 6.45) is 0.990. The summed E-state index contributed by atoms with van der Waals surface area (Å²) in [5, 5.41) is 11.4. The molecule has 1 unspecified atom stereocenters. The summed E-state index contributed by atoms with van der Waals surface area (Å²) in [6.45, 7) is 6.45. The summed E-state index contributed by atoms with van der Waals surface area (Å²) in [5.41, 5.74) is 0. The molecule has 0 fully saturated rings. The Hall–Kier alpha value is -0.770. The van der Waals surface area contributed by atoms with E-state index >= 15 is 0 Å². The van der Waals surface area contributed by atoms with Crippen LogP contribution in [0.5, 0.6) is 0 Å². The largest absolute Gasteiger partial charge is 0.449 e. The van der Waals surface area contributed by atoms with Crippen LogP contribution in [0.3, 0.4) is 0 Å². The van der Waals surface area contributed by atoms with E-state index in [1.807, 2.05) is 20.8 Å². The molecule has 0 spiro atoms. The van der Waals surface area contributed by atoms with Gasteiger partial charge in [0, 0.05) is 12.6 Å². The van der Waals surface area contributed by atoms with Gasteiger partial charge in [-0.3, -0.25) is 0 Å². The molecule has 0 bridgehead atoms. The number of aliphatic hydroxyl groups excluding tert-OH is 1. The highest BCUT2D eigenvalue weighted by Gasteiger charge is 2.10. The predicted molar refractivity (Wildman–Crippen MR) is 55.1 cm³/mol. The monoisotopic (exact) mass is 203 g/mol. The summed E-state index contributed by atoms with van der Waals surface area (Å²) in [5.74, 6) is 0.346. The molecule has 0 rings (SSSR count). The van der Waals surface area contributed by atoms with E-state index in [0.717, 1.165) is 6.42 Å². The molecule has 14 heavy (non-hydrogen) atoms. The van der Waals surface area contributed by atoms with Crippen molar-refractivity contribution in [3.05, 3.63) is 0 Å². The molecule has 2 N–H and O–H groups in total. The first-order valence-corrected chi connectivity index (χ1v) is 5.14. The molecule has 0 radical (unpaired) electrons. The minimum Gasteiger partial charge on any atom is -0.449 e. The van der Waals surface area contributed by atoms with Crippen LogP contribution in [-0.4, -0.2) is 30.5 Å². The highest BCUT2D eigenvalue weighted by atomic mass is 16.5. The summed E-state index contributed by atoms with van der Waals surface area (Å²) in [6, 6.07) is 0.0136. The van der Waals surface area contributed by atoms with Crippen LogP contribution in [0.15, 0.2) is 0 Å². The third kappa shape index (κ3) is 6.71. The minimum atomic E-state index is -0.390. The van der Waals surface area contributed by atoms with Gasteiger partial charge in [-0.15, -0.1) is 0 Å². The Morgan fingerprint density at radius 3 is 2.57 bits per heavy atom. The second-order valence-corrected chi connectivity index (χ2v) is 3.75. The van der Waals surface area contributed by atoms with Crippen molar-refractivity contribution in [2.45, 2.75) is 39.7 Å². The first kappa shape index (κ1) is 13.2. The van der Waals surface area contributed by atoms with Gasteiger partial charge in [0.05, 0.1) is 6.61 Å². The first-order chi connectivity index (χ1) is 6.60. The topological polar surface area (TPSA) is 58.6 Å². The molecule has 0 saturated heterocycles. The van der Waals surface area contributed by atoms with E-state index < -0.39 is 0 Å². The molecule has 0 saturated carbocycles. The highest BCUT2D eigenvalue weighted by Crippen LogP contribution is 1.98. The summed E-state index contributed by atoms with van der Waals surface area (Å²) in [4.78, 5) is 11.2. The average molecular weight is 203 g/mol. The SMILES string of the molecule is CCC(CCO)NC(=O)OCC(C)C. The third-order valence-electron chi connectivity index (χ3n) is 1.84. The fraction of sp³-hybridized carbons (Fsp3) is 0.900. The molecule has 0 aliphatic heterocycles. The van der Waals surface area contributed by atoms with E-state index in [0.29, 0.717) is 18.9 Å². The van der Waals surface area contributed by atoms with E-state index in [4.69, 9.17) is 9.84 Å². The van der Waals surface area contributed by atoms with E-state index in [2.05, 4.69) is 5.32 Å². The van der Waals surface area contributed by atoms with Gasteiger partial charge in [0.15, 0.2) is 0 Å². The number of rotatable bonds is 6. The van der Waals surface area contributed by atoms with Crippen molar-refractivity contribution in [2.24, 2.45) is 5.92 Å². The van der Waals surface area contributed by atoms with Crippen molar-refractivity contribution in [1.82, 2.24) is 5.32 Å². The summed E-state index contributed by atoms with van der Waals surface area (Å²) in [7, 11) is 0. The molecular formula is C10H21NO3. The molecular weight excluding hydrogens is 182 g/mol. The van der Waals surface area contributed by atoms with Crippen LogP contribution in [0.25, 0.3) is 0 Å². The molecule has 0 aromatic heterocycles. The number of carbonyl (C=O) groups excluding carboxylic acids is 1. The highest BCUT2D eigenvalue weighted by molar-refractivity contribution is 5.67. The van der Waals surface area contributed by atoms with Crippen molar-refractivity contribution >= 4 is 6.09 Å². The van der Waals surface area contributed by atoms with Crippen LogP contribution in [0, 0.1) is 5.92 Å². The van der Waals surface area contributed by atoms with Gasteiger partial charge in [-0.05, 0) is 18.8 Å². The first-order valence-electron chi connectivity index (χ1n) is 5.14. The zero-order chi connectivity index (χ0) is 11.0. The average Bonchev–Trinajstić information content (AvgIpc) is 2.14. The fourth-order valence-electron chi connectivity index (χ4n) is 0.985. The quantitative estimate of drug-likeness (QED) is 0.688. The lowest BCUT2D eigenvalue weighted by molar-refractivity contribution is 0.127. The Bertz CT molecular complexity index is 159. The molecule has 0 aliphatic rings. The maximum atomic E-state index is 11.2. The predicted octanol–water partition coefficient (Wildman–Crippen LogP) is 1.53. The number of aliphatic hydroxyl groups is 1. The molecule has 84 valence electrons. The van der Waals surface area contributed by atoms with Gasteiger partial charge in [-0.1, -0.05) is 20.8 Å². The Morgan fingerprint density at radius 2 is 2.14 bits per heavy atom. The van der Waals surface area contributed by atoms with Gasteiger partial charge in [-0.25, -0.2) is 4.79 Å². The van der Waals surface area contributed by atoms with Crippen molar-refractivity contribution in [3.63, 3.8) is 0 Å². The lowest BCUT2D eigenvalue weighted by atomic mass is 10.2. The van der Waals surface area contributed by atoms with E-state index in [1.165, 1.54) is 0 Å². The minimum absolute atomic E-state index is 0.0136. The van der Waals surface area contributed by atoms with Crippen LogP contribution in [0.2, 0.25) is 0 Å². The second kappa shape index (κ2) is 7.62. The lowest BCUT2D eigenvalue weighted by Gasteiger charge is -2.16. The lowest BCUT2D eigenvalue weighted by Crippen LogP contribution is -2.36. The molecule has 0 aromatic carbocycles. The smallest absolute Gasteiger partial charge is 0.407 e. The number of hydrogen-bond acceptors (Lipinski definition) is 3. The van der Waals surface area contributed by atoms with Crippen LogP contribution < -0.4 is 5.32 Å². The molecule has 1 atom stereocenters. The maximum absolute atomic E-state index is 11.2. The second-order valence-electron chi connectivity index (χ2n) is 3.75. The number of nitrogens with one attached hydrogen (secondary N) is 1. The Morgan fingerprint density at radius 1 is 1.50 bits per heavy atom. The number of alkyl carbamates (subject to hydrolysis) is 1. The van der Waals surface area contributed by atoms with Crippen molar-refractivity contribution in [3.8, 4) is 0 Å². The van der Waals surface area contributed by atoms with Crippen LogP contribution in [-0.2, 0) is 4.74 Å². The zero-order valence-corrected chi connectivity index (χ0v) is 9.25. The fourth-order valence-corrected chi connectivity index (χ4v) is 0.985. The van der Waals surface area contributed by atoms with Gasteiger partial charge in [0.2, 0.25) is 0 Å². The number of ether oxygens (including phenoxy) is 1. The Labute approximate surface area is 85.6 Å².